The molecule has 0 fully saturated rings. The molecule has 0 amide bonds. The quantitative estimate of drug-likeness (QED) is 0.566. The van der Waals surface area contributed by atoms with Crippen LogP contribution in [0.2, 0.25) is 0 Å². The lowest BCUT2D eigenvalue weighted by molar-refractivity contribution is -0.137. The molecule has 0 unspecified atom stereocenters. The smallest absolute Gasteiger partial charge is 0.304 e. The van der Waals surface area contributed by atoms with Crippen LogP contribution in [0.5, 0.6) is 0 Å². The molecule has 6 nitrogen and oxygen atoms in total. The number of carbonyl (C=O) groups is 1. The summed E-state index contributed by atoms with van der Waals surface area (Å²) in [6.45, 7) is 0.580. The average molecular weight is 210 g/mol. The second kappa shape index (κ2) is 5.15. The zero-order chi connectivity index (χ0) is 10.5. The van der Waals surface area contributed by atoms with Crippen LogP contribution in [0.25, 0.3) is 0 Å². The van der Waals surface area contributed by atoms with Crippen molar-refractivity contribution in [3.8, 4) is 0 Å². The van der Waals surface area contributed by atoms with Crippen LogP contribution < -0.4 is 5.14 Å². The molecule has 0 aliphatic heterocycles. The molecule has 13 heavy (non-hydrogen) atoms. The molecule has 0 aromatic heterocycles. The standard InChI is InChI=1S/C6H14N2O4S/c1-8(3-2-6(9)10)4-5-13(7,11)12/h2-5H2,1H3,(H,9,10)(H2,7,11,12). The van der Waals surface area contributed by atoms with Gasteiger partial charge in [-0.05, 0) is 7.05 Å². The van der Waals surface area contributed by atoms with Crippen molar-refractivity contribution in [3.63, 3.8) is 0 Å². The van der Waals surface area contributed by atoms with Gasteiger partial charge in [-0.3, -0.25) is 4.79 Å². The van der Waals surface area contributed by atoms with Crippen molar-refractivity contribution in [1.82, 2.24) is 4.90 Å². The summed E-state index contributed by atoms with van der Waals surface area (Å²) in [4.78, 5) is 11.7. The van der Waals surface area contributed by atoms with E-state index >= 15 is 0 Å². The number of nitrogens with two attached hydrogens (primary N) is 1. The summed E-state index contributed by atoms with van der Waals surface area (Å²) in [5.74, 6) is -1.05. The fourth-order valence-electron chi connectivity index (χ4n) is 0.681. The minimum atomic E-state index is -3.45. The van der Waals surface area contributed by atoms with Gasteiger partial charge in [0.25, 0.3) is 0 Å². The molecule has 3 N–H and O–H groups in total. The summed E-state index contributed by atoms with van der Waals surface area (Å²) in [6, 6.07) is 0. The van der Waals surface area contributed by atoms with Crippen LogP contribution in [0, 0.1) is 0 Å². The zero-order valence-electron chi connectivity index (χ0n) is 7.43. The summed E-state index contributed by atoms with van der Waals surface area (Å²) in [5.41, 5.74) is 0. The molecule has 0 saturated heterocycles. The van der Waals surface area contributed by atoms with Gasteiger partial charge < -0.3 is 10.0 Å². The molecular weight excluding hydrogens is 196 g/mol. The molecule has 0 radical (unpaired) electrons. The predicted octanol–water partition coefficient (Wildman–Crippen LogP) is -1.32. The van der Waals surface area contributed by atoms with Crippen LogP contribution in [-0.2, 0) is 14.8 Å². The minimum Gasteiger partial charge on any atom is -0.481 e. The SMILES string of the molecule is CN(CCC(=O)O)CCS(N)(=O)=O. The third kappa shape index (κ3) is 9.25. The number of aliphatic carboxylic acids is 1. The highest BCUT2D eigenvalue weighted by Gasteiger charge is 2.06. The largest absolute Gasteiger partial charge is 0.481 e. The molecule has 0 rings (SSSR count). The van der Waals surface area contributed by atoms with Crippen LogP contribution in [0.4, 0.5) is 0 Å². The predicted molar refractivity (Wildman–Crippen MR) is 47.7 cm³/mol. The lowest BCUT2D eigenvalue weighted by atomic mass is 10.4. The van der Waals surface area contributed by atoms with Gasteiger partial charge in [0.1, 0.15) is 0 Å². The van der Waals surface area contributed by atoms with Gasteiger partial charge in [-0.2, -0.15) is 0 Å². The summed E-state index contributed by atoms with van der Waals surface area (Å²) in [7, 11) is -1.80. The summed E-state index contributed by atoms with van der Waals surface area (Å²) in [5, 5.41) is 13.1. The Labute approximate surface area is 77.4 Å². The van der Waals surface area contributed by atoms with Crippen molar-refractivity contribution < 1.29 is 18.3 Å². The zero-order valence-corrected chi connectivity index (χ0v) is 8.25. The number of rotatable bonds is 6. The molecule has 0 spiro atoms. The second-order valence-electron chi connectivity index (χ2n) is 2.81. The molecular formula is C6H14N2O4S. The number of carboxylic acids is 1. The molecule has 0 atom stereocenters. The van der Waals surface area contributed by atoms with Crippen LogP contribution in [-0.4, -0.2) is 50.3 Å². The third-order valence-corrected chi connectivity index (χ3v) is 2.22. The van der Waals surface area contributed by atoms with Gasteiger partial charge in [0, 0.05) is 13.1 Å². The van der Waals surface area contributed by atoms with Gasteiger partial charge >= 0.3 is 5.97 Å². The molecule has 7 heteroatoms. The maximum absolute atomic E-state index is 10.5. The van der Waals surface area contributed by atoms with E-state index in [1.165, 1.54) is 0 Å². The maximum atomic E-state index is 10.5. The number of hydrogen-bond donors (Lipinski definition) is 2. The lowest BCUT2D eigenvalue weighted by Crippen LogP contribution is -2.30. The number of nitrogens with zero attached hydrogens (tertiary/aromatic N) is 1. The normalized spacial score (nSPS) is 11.9. The molecule has 0 aliphatic rings. The Morgan fingerprint density at radius 1 is 1.46 bits per heavy atom. The van der Waals surface area contributed by atoms with Crippen molar-refractivity contribution in [2.45, 2.75) is 6.42 Å². The highest BCUT2D eigenvalue weighted by molar-refractivity contribution is 7.89. The van der Waals surface area contributed by atoms with Crippen LogP contribution in [0.3, 0.4) is 0 Å². The first kappa shape index (κ1) is 12.3. The Hall–Kier alpha value is -0.660. The first-order valence-electron chi connectivity index (χ1n) is 3.72. The maximum Gasteiger partial charge on any atom is 0.304 e. The summed E-state index contributed by atoms with van der Waals surface area (Å²) in [6.07, 6.45) is 0.00111. The molecule has 0 aromatic carbocycles. The Kier molecular flexibility index (Phi) is 4.89. The summed E-state index contributed by atoms with van der Waals surface area (Å²) < 4.78 is 21.0. The Morgan fingerprint density at radius 2 is 2.00 bits per heavy atom. The van der Waals surface area contributed by atoms with Gasteiger partial charge in [-0.15, -0.1) is 0 Å². The van der Waals surface area contributed by atoms with Crippen molar-refractivity contribution in [2.75, 3.05) is 25.9 Å². The molecule has 0 aromatic rings. The van der Waals surface area contributed by atoms with Gasteiger partial charge in [0.15, 0.2) is 0 Å². The van der Waals surface area contributed by atoms with E-state index in [2.05, 4.69) is 0 Å². The second-order valence-corrected chi connectivity index (χ2v) is 4.55. The minimum absolute atomic E-state index is 0.00111. The van der Waals surface area contributed by atoms with Gasteiger partial charge in [0.2, 0.25) is 10.0 Å². The van der Waals surface area contributed by atoms with Crippen molar-refractivity contribution in [3.05, 3.63) is 0 Å². The fourth-order valence-corrected chi connectivity index (χ4v) is 1.25. The van der Waals surface area contributed by atoms with E-state index in [0.29, 0.717) is 6.54 Å². The number of primary sulfonamides is 1. The van der Waals surface area contributed by atoms with E-state index in [0.717, 1.165) is 0 Å². The Bertz CT molecular complexity index is 262. The fraction of sp³-hybridized carbons (Fsp3) is 0.833. The van der Waals surface area contributed by atoms with Crippen LogP contribution in [0.15, 0.2) is 0 Å². The third-order valence-electron chi connectivity index (χ3n) is 1.46. The first-order valence-corrected chi connectivity index (χ1v) is 5.43. The van der Waals surface area contributed by atoms with E-state index in [9.17, 15) is 13.2 Å². The molecule has 0 bridgehead atoms. The lowest BCUT2D eigenvalue weighted by Gasteiger charge is -2.13. The summed E-state index contributed by atoms with van der Waals surface area (Å²) >= 11 is 0. The number of hydrogen-bond acceptors (Lipinski definition) is 4. The monoisotopic (exact) mass is 210 g/mol. The number of carboxylic acid groups (broad SMARTS) is 1. The Balaban J connectivity index is 3.64. The molecule has 0 heterocycles. The highest BCUT2D eigenvalue weighted by Crippen LogP contribution is 1.88. The molecule has 78 valence electrons. The molecule has 0 aliphatic carbocycles. The van der Waals surface area contributed by atoms with E-state index < -0.39 is 16.0 Å². The first-order chi connectivity index (χ1) is 5.81. The van der Waals surface area contributed by atoms with Crippen LogP contribution >= 0.6 is 0 Å². The topological polar surface area (TPSA) is 101 Å². The Morgan fingerprint density at radius 3 is 2.38 bits per heavy atom. The van der Waals surface area contributed by atoms with Crippen LogP contribution in [0.1, 0.15) is 6.42 Å². The van der Waals surface area contributed by atoms with Gasteiger partial charge in [-0.25, -0.2) is 13.6 Å². The highest BCUT2D eigenvalue weighted by atomic mass is 32.2. The van der Waals surface area contributed by atoms with E-state index in [1.54, 1.807) is 11.9 Å². The van der Waals surface area contributed by atoms with Crippen molar-refractivity contribution in [2.24, 2.45) is 5.14 Å². The van der Waals surface area contributed by atoms with Gasteiger partial charge in [-0.1, -0.05) is 0 Å². The van der Waals surface area contributed by atoms with Crippen molar-refractivity contribution in [1.29, 1.82) is 0 Å². The average Bonchev–Trinajstić information content (AvgIpc) is 1.95. The van der Waals surface area contributed by atoms with E-state index in [4.69, 9.17) is 10.2 Å². The van der Waals surface area contributed by atoms with E-state index in [1.807, 2.05) is 0 Å². The molecule has 0 saturated carbocycles. The van der Waals surface area contributed by atoms with Gasteiger partial charge in [0.05, 0.1) is 12.2 Å². The van der Waals surface area contributed by atoms with Crippen molar-refractivity contribution >= 4 is 16.0 Å². The number of sulfonamides is 1. The van der Waals surface area contributed by atoms with E-state index in [-0.39, 0.29) is 18.7 Å².